The number of piperidine rings is 1. The van der Waals surface area contributed by atoms with Gasteiger partial charge in [-0.15, -0.1) is 11.3 Å². The summed E-state index contributed by atoms with van der Waals surface area (Å²) in [6, 6.07) is 9.66. The molecule has 0 radical (unpaired) electrons. The Morgan fingerprint density at radius 2 is 2.18 bits per heavy atom. The minimum absolute atomic E-state index is 0.105. The highest BCUT2D eigenvalue weighted by Crippen LogP contribution is 2.27. The standard InChI is InChI=1S/C21H23N5OS/c22-15-3-1-9-26(13-15)18-7-8-24-12-14(18)11-19(27)21-16(23)5-6-17(25-21)20-4-2-10-28-20/h2,4-8,10,12,15H,1,3,9,11,13,22-23H2/t15-/m0/s1. The van der Waals surface area contributed by atoms with Gasteiger partial charge in [0.2, 0.25) is 0 Å². The van der Waals surface area contributed by atoms with Gasteiger partial charge in [-0.2, -0.15) is 0 Å². The lowest BCUT2D eigenvalue weighted by Crippen LogP contribution is -2.43. The normalized spacial score (nSPS) is 16.9. The van der Waals surface area contributed by atoms with E-state index in [1.165, 1.54) is 0 Å². The van der Waals surface area contributed by atoms with Gasteiger partial charge in [0, 0.05) is 49.2 Å². The SMILES string of the molecule is Nc1ccc(-c2cccs2)nc1C(=O)Cc1cnccc1N1CCC[C@H](N)C1. The molecule has 0 aromatic carbocycles. The number of pyridine rings is 2. The van der Waals surface area contributed by atoms with Crippen LogP contribution in [0.15, 0.2) is 48.1 Å². The van der Waals surface area contributed by atoms with E-state index >= 15 is 0 Å². The van der Waals surface area contributed by atoms with Gasteiger partial charge in [-0.3, -0.25) is 9.78 Å². The molecular weight excluding hydrogens is 370 g/mol. The summed E-state index contributed by atoms with van der Waals surface area (Å²) in [5, 5.41) is 1.99. The van der Waals surface area contributed by atoms with Crippen LogP contribution in [0.2, 0.25) is 0 Å². The first kappa shape index (κ1) is 18.6. The molecule has 1 fully saturated rings. The highest BCUT2D eigenvalue weighted by Gasteiger charge is 2.22. The molecule has 1 saturated heterocycles. The van der Waals surface area contributed by atoms with Crippen molar-refractivity contribution in [3.05, 3.63) is 59.4 Å². The van der Waals surface area contributed by atoms with Gasteiger partial charge in [0.1, 0.15) is 5.69 Å². The van der Waals surface area contributed by atoms with E-state index in [0.29, 0.717) is 11.4 Å². The van der Waals surface area contributed by atoms with Gasteiger partial charge in [-0.1, -0.05) is 6.07 Å². The van der Waals surface area contributed by atoms with Crippen molar-refractivity contribution in [2.75, 3.05) is 23.7 Å². The molecule has 0 spiro atoms. The van der Waals surface area contributed by atoms with Crippen molar-refractivity contribution in [2.45, 2.75) is 25.3 Å². The number of carbonyl (C=O) groups is 1. The number of Topliss-reactive ketones (excluding diaryl/α,β-unsaturated/α-hetero) is 1. The second-order valence-corrected chi connectivity index (χ2v) is 8.01. The average Bonchev–Trinajstić information content (AvgIpc) is 3.23. The van der Waals surface area contributed by atoms with Crippen LogP contribution in [0, 0.1) is 0 Å². The van der Waals surface area contributed by atoms with E-state index < -0.39 is 0 Å². The van der Waals surface area contributed by atoms with Crippen LogP contribution >= 0.6 is 11.3 Å². The van der Waals surface area contributed by atoms with Gasteiger partial charge in [-0.05, 0) is 42.5 Å². The van der Waals surface area contributed by atoms with Crippen molar-refractivity contribution in [3.8, 4) is 10.6 Å². The van der Waals surface area contributed by atoms with Crippen LogP contribution in [-0.2, 0) is 6.42 Å². The molecule has 1 aliphatic rings. The lowest BCUT2D eigenvalue weighted by molar-refractivity contribution is 0.0989. The average molecular weight is 394 g/mol. The summed E-state index contributed by atoms with van der Waals surface area (Å²) in [6.45, 7) is 1.73. The zero-order chi connectivity index (χ0) is 19.5. The molecule has 3 aromatic rings. The second kappa shape index (κ2) is 8.08. The summed E-state index contributed by atoms with van der Waals surface area (Å²) < 4.78 is 0. The number of hydrogen-bond donors (Lipinski definition) is 2. The summed E-state index contributed by atoms with van der Waals surface area (Å²) in [7, 11) is 0. The number of ketones is 1. The van der Waals surface area contributed by atoms with Gasteiger partial charge < -0.3 is 16.4 Å². The molecule has 4 rings (SSSR count). The molecule has 28 heavy (non-hydrogen) atoms. The quantitative estimate of drug-likeness (QED) is 0.646. The van der Waals surface area contributed by atoms with E-state index in [0.717, 1.165) is 47.8 Å². The van der Waals surface area contributed by atoms with Crippen molar-refractivity contribution < 1.29 is 4.79 Å². The summed E-state index contributed by atoms with van der Waals surface area (Å²) in [5.41, 5.74) is 15.6. The van der Waals surface area contributed by atoms with E-state index in [1.54, 1.807) is 29.8 Å². The minimum atomic E-state index is -0.105. The van der Waals surface area contributed by atoms with Gasteiger partial charge in [0.15, 0.2) is 5.78 Å². The predicted octanol–water partition coefficient (Wildman–Crippen LogP) is 3.14. The van der Waals surface area contributed by atoms with E-state index in [4.69, 9.17) is 11.5 Å². The van der Waals surface area contributed by atoms with Crippen LogP contribution in [0.1, 0.15) is 28.9 Å². The van der Waals surface area contributed by atoms with Crippen molar-refractivity contribution in [1.29, 1.82) is 0 Å². The number of nitrogen functional groups attached to an aromatic ring is 1. The Balaban J connectivity index is 1.60. The fourth-order valence-corrected chi connectivity index (χ4v) is 4.30. The van der Waals surface area contributed by atoms with E-state index in [9.17, 15) is 4.79 Å². The molecule has 7 heteroatoms. The molecule has 4 heterocycles. The van der Waals surface area contributed by atoms with Crippen LogP contribution < -0.4 is 16.4 Å². The third kappa shape index (κ3) is 3.90. The largest absolute Gasteiger partial charge is 0.397 e. The Hall–Kier alpha value is -2.77. The maximum atomic E-state index is 13.0. The van der Waals surface area contributed by atoms with Crippen molar-refractivity contribution in [2.24, 2.45) is 5.73 Å². The maximum Gasteiger partial charge on any atom is 0.187 e. The molecule has 0 bridgehead atoms. The Labute approximate surface area is 168 Å². The first-order valence-corrected chi connectivity index (χ1v) is 10.3. The highest BCUT2D eigenvalue weighted by molar-refractivity contribution is 7.13. The van der Waals surface area contributed by atoms with Crippen LogP contribution in [-0.4, -0.2) is 34.9 Å². The molecule has 144 valence electrons. The number of nitrogens with two attached hydrogens (primary N) is 2. The predicted molar refractivity (Wildman–Crippen MR) is 114 cm³/mol. The zero-order valence-corrected chi connectivity index (χ0v) is 16.4. The van der Waals surface area contributed by atoms with Crippen LogP contribution in [0.3, 0.4) is 0 Å². The Morgan fingerprint density at radius 1 is 1.29 bits per heavy atom. The van der Waals surface area contributed by atoms with Crippen molar-refractivity contribution >= 4 is 28.5 Å². The monoisotopic (exact) mass is 393 g/mol. The van der Waals surface area contributed by atoms with Crippen LogP contribution in [0.25, 0.3) is 10.6 Å². The molecule has 6 nitrogen and oxygen atoms in total. The first-order valence-electron chi connectivity index (χ1n) is 9.39. The number of thiophene rings is 1. The fourth-order valence-electron chi connectivity index (χ4n) is 3.60. The molecule has 1 aliphatic heterocycles. The third-order valence-corrected chi connectivity index (χ3v) is 5.88. The Bertz CT molecular complexity index is 973. The Kier molecular flexibility index (Phi) is 5.36. The van der Waals surface area contributed by atoms with Gasteiger partial charge >= 0.3 is 0 Å². The van der Waals surface area contributed by atoms with Gasteiger partial charge in [0.05, 0.1) is 16.3 Å². The molecule has 0 unspecified atom stereocenters. The summed E-state index contributed by atoms with van der Waals surface area (Å²) in [4.78, 5) is 25.1. The lowest BCUT2D eigenvalue weighted by atomic mass is 10.0. The maximum absolute atomic E-state index is 13.0. The molecule has 0 amide bonds. The summed E-state index contributed by atoms with van der Waals surface area (Å²) >= 11 is 1.58. The number of anilines is 2. The van der Waals surface area contributed by atoms with Crippen LogP contribution in [0.4, 0.5) is 11.4 Å². The second-order valence-electron chi connectivity index (χ2n) is 7.06. The van der Waals surface area contributed by atoms with Gasteiger partial charge in [-0.25, -0.2) is 4.98 Å². The van der Waals surface area contributed by atoms with Crippen molar-refractivity contribution in [3.63, 3.8) is 0 Å². The van der Waals surface area contributed by atoms with Gasteiger partial charge in [0.25, 0.3) is 0 Å². The number of nitrogens with zero attached hydrogens (tertiary/aromatic N) is 3. The number of rotatable bonds is 5. The van der Waals surface area contributed by atoms with E-state index in [1.807, 2.05) is 29.6 Å². The smallest absolute Gasteiger partial charge is 0.187 e. The third-order valence-electron chi connectivity index (χ3n) is 4.99. The number of carbonyl (C=O) groups excluding carboxylic acids is 1. The van der Waals surface area contributed by atoms with E-state index in [-0.39, 0.29) is 18.2 Å². The molecule has 4 N–H and O–H groups in total. The van der Waals surface area contributed by atoms with Crippen LogP contribution in [0.5, 0.6) is 0 Å². The number of aromatic nitrogens is 2. The highest BCUT2D eigenvalue weighted by atomic mass is 32.1. The summed E-state index contributed by atoms with van der Waals surface area (Å²) in [5.74, 6) is -0.105. The molecule has 0 aliphatic carbocycles. The molecule has 1 atom stereocenters. The molecular formula is C21H23N5OS. The van der Waals surface area contributed by atoms with Crippen molar-refractivity contribution in [1.82, 2.24) is 9.97 Å². The topological polar surface area (TPSA) is 98.1 Å². The number of hydrogen-bond acceptors (Lipinski definition) is 7. The summed E-state index contributed by atoms with van der Waals surface area (Å²) in [6.07, 6.45) is 5.81. The molecule has 3 aromatic heterocycles. The Morgan fingerprint density at radius 3 is 2.96 bits per heavy atom. The van der Waals surface area contributed by atoms with E-state index in [2.05, 4.69) is 14.9 Å². The lowest BCUT2D eigenvalue weighted by Gasteiger charge is -2.33. The first-order chi connectivity index (χ1) is 13.6. The molecule has 0 saturated carbocycles. The minimum Gasteiger partial charge on any atom is -0.397 e. The zero-order valence-electron chi connectivity index (χ0n) is 15.5. The fraction of sp³-hybridized carbons (Fsp3) is 0.286.